The van der Waals surface area contributed by atoms with Crippen LogP contribution >= 0.6 is 0 Å². The Morgan fingerprint density at radius 2 is 0.212 bits per heavy atom. The van der Waals surface area contributed by atoms with Crippen molar-refractivity contribution in [2.75, 3.05) is 85.3 Å². The van der Waals surface area contributed by atoms with Gasteiger partial charge >= 0.3 is 0 Å². The highest BCUT2D eigenvalue weighted by atomic mass is 19.0. The van der Waals surface area contributed by atoms with Gasteiger partial charge in [-0.2, -0.15) is 0 Å². The number of nitrogens with zero attached hydrogens (tertiary/aromatic N) is 12. The van der Waals surface area contributed by atoms with Crippen LogP contribution in [0.5, 0.6) is 0 Å². The summed E-state index contributed by atoms with van der Waals surface area (Å²) in [5.41, 5.74) is 11.3. The third-order valence-electron chi connectivity index (χ3n) is 4.20. The number of oxime groups is 12. The summed E-state index contributed by atoms with van der Waals surface area (Å²) in [4.78, 5) is 52.7. The molecular weight excluding hydrogens is 1550 g/mol. The molecule has 0 amide bonds. The molecule has 0 N–H and O–H groups in total. The third-order valence-corrected chi connectivity index (χ3v) is 4.20. The second kappa shape index (κ2) is 292. The zero-order chi connectivity index (χ0) is 90.7. The lowest BCUT2D eigenvalue weighted by atomic mass is 10.3. The summed E-state index contributed by atoms with van der Waals surface area (Å²) in [6.07, 6.45) is 0. The molecule has 0 bridgehead atoms. The van der Waals surface area contributed by atoms with E-state index in [1.165, 1.54) is 85.3 Å². The first-order valence-electron chi connectivity index (χ1n) is 36.5. The molecule has 1 aromatic carbocycles. The van der Waals surface area contributed by atoms with Crippen LogP contribution in [-0.2, 0) is 58.1 Å². The van der Waals surface area contributed by atoms with Crippen molar-refractivity contribution >= 4 is 68.5 Å². The first-order valence-corrected chi connectivity index (χ1v) is 36.5. The summed E-state index contributed by atoms with van der Waals surface area (Å²) in [6.45, 7) is 93.7. The smallest absolute Gasteiger partial charge is 0.106 e. The fraction of sp³-hybridized carbons (Fsp3) is 0.767. The van der Waals surface area contributed by atoms with Gasteiger partial charge in [-0.3, -0.25) is 37.6 Å². The van der Waals surface area contributed by atoms with E-state index < -0.39 is 0 Å². The van der Waals surface area contributed by atoms with Crippen LogP contribution in [0, 0.1) is 23.7 Å². The molecule has 0 fully saturated rings. The minimum atomic E-state index is 0. The van der Waals surface area contributed by atoms with Crippen molar-refractivity contribution in [3.8, 4) is 11.8 Å². The molecule has 0 spiro atoms. The molecule has 744 valence electrons. The molecule has 0 radical (unpaired) electrons. The van der Waals surface area contributed by atoms with Crippen molar-refractivity contribution in [3.05, 3.63) is 36.4 Å². The van der Waals surface area contributed by atoms with E-state index in [1.54, 1.807) is 0 Å². The summed E-state index contributed by atoms with van der Waals surface area (Å²) in [5.74, 6) is 7.03. The Labute approximate surface area is 730 Å². The molecule has 0 saturated heterocycles. The summed E-state index contributed by atoms with van der Waals surface area (Å²) < 4.78 is 0. The fourth-order valence-corrected chi connectivity index (χ4v) is 2.58. The summed E-state index contributed by atoms with van der Waals surface area (Å²) in [6, 6.07) is 12.0. The van der Waals surface area contributed by atoms with Gasteiger partial charge in [0.15, 0.2) is 0 Å². The Kier molecular flexibility index (Phi) is 575. The molecule has 0 heterocycles. The Hall–Kier alpha value is -8.14. The second-order valence-electron chi connectivity index (χ2n) is 19.8. The van der Waals surface area contributed by atoms with Crippen LogP contribution < -0.4 is 0 Å². The summed E-state index contributed by atoms with van der Waals surface area (Å²) in [5, 5.41) is 42.5. The lowest BCUT2D eigenvalue weighted by Gasteiger charge is -1.83. The predicted octanol–water partition coefficient (Wildman–Crippen LogP) is 30.4. The van der Waals surface area contributed by atoms with E-state index in [1.807, 2.05) is 327 Å². The fourth-order valence-electron chi connectivity index (χ4n) is 2.58. The van der Waals surface area contributed by atoms with Crippen molar-refractivity contribution in [2.24, 2.45) is 73.7 Å². The van der Waals surface area contributed by atoms with Crippen LogP contribution in [0.3, 0.4) is 0 Å². The van der Waals surface area contributed by atoms with Gasteiger partial charge in [-0.15, -0.1) is 11.8 Å². The van der Waals surface area contributed by atoms with Crippen molar-refractivity contribution < 1.29 is 95.7 Å². The first-order chi connectivity index (χ1) is 49.6. The second-order valence-corrected chi connectivity index (χ2v) is 19.8. The molecule has 32 heteroatoms. The quantitative estimate of drug-likeness (QED) is 0.0819. The largest absolute Gasteiger partial charge is 0.399 e. The summed E-state index contributed by atoms with van der Waals surface area (Å²) >= 11 is 0. The van der Waals surface area contributed by atoms with E-state index in [0.717, 1.165) is 80.4 Å². The van der Waals surface area contributed by atoms with E-state index in [9.17, 15) is 0 Å². The van der Waals surface area contributed by atoms with Crippen molar-refractivity contribution in [3.63, 3.8) is 0 Å². The number of hydrogen-bond acceptors (Lipinski definition) is 24. The van der Waals surface area contributed by atoms with E-state index >= 15 is 0 Å². The molecule has 1 rings (SSSR count). The molecule has 0 aliphatic carbocycles. The molecule has 0 saturated carbocycles. The molecule has 0 atom stereocenters. The minimum Gasteiger partial charge on any atom is -0.399 e. The molecule has 0 aliphatic rings. The highest BCUT2D eigenvalue weighted by Gasteiger charge is 1.76. The number of hydrogen-bond donors (Lipinski definition) is 0. The standard InChI is InChI=1S/C6H6.12C4H9NO.2C4H10.C4H6.8C2H6.4CH4.8FH/c1-2-4-6-5-3-1;12*1-4(2)5-6-3;2*1-4(2)3;1-3-4-2;8*1-2;;;;;;;;;;;;/h1-6H;12*1-3H3;2*4H,1-3H3;1-2H3;8*1-2H3;4*1H4;8*1H. The maximum Gasteiger partial charge on any atom is 0.106 e. The highest BCUT2D eigenvalue weighted by Crippen LogP contribution is 1.83. The van der Waals surface area contributed by atoms with Crippen molar-refractivity contribution in [1.29, 1.82) is 0 Å². The number of benzene rings is 1. The van der Waals surface area contributed by atoms with Gasteiger partial charge in [0.2, 0.25) is 0 Å². The summed E-state index contributed by atoms with van der Waals surface area (Å²) in [7, 11) is 18.4. The first kappa shape index (κ1) is 232. The molecule has 0 aromatic heterocycles. The Morgan fingerprint density at radius 3 is 0.220 bits per heavy atom. The lowest BCUT2D eigenvalue weighted by molar-refractivity contribution is 0.213. The van der Waals surface area contributed by atoms with E-state index in [-0.39, 0.29) is 67.3 Å². The Bertz CT molecular complexity index is 1530. The van der Waals surface area contributed by atoms with E-state index in [0.29, 0.717) is 0 Å². The molecule has 118 heavy (non-hydrogen) atoms. The molecule has 1 aromatic rings. The van der Waals surface area contributed by atoms with Crippen LogP contribution in [-0.4, -0.2) is 154 Å². The van der Waals surface area contributed by atoms with Crippen LogP contribution in [0.15, 0.2) is 98.3 Å². The molecule has 0 unspecified atom stereocenters. The monoisotopic (exact) mass is 1760 g/mol. The van der Waals surface area contributed by atoms with E-state index in [4.69, 9.17) is 0 Å². The lowest BCUT2D eigenvalue weighted by Crippen LogP contribution is -1.79. The van der Waals surface area contributed by atoms with Gasteiger partial charge in [-0.25, -0.2) is 0 Å². The number of halogens is 8. The minimum absolute atomic E-state index is 0. The number of rotatable bonds is 12. The van der Waals surface area contributed by atoms with Crippen molar-refractivity contribution in [1.82, 2.24) is 0 Å². The van der Waals surface area contributed by atoms with Crippen LogP contribution in [0.25, 0.3) is 0 Å². The van der Waals surface area contributed by atoms with Crippen molar-refractivity contribution in [2.45, 2.75) is 362 Å². The van der Waals surface area contributed by atoms with Crippen LogP contribution in [0.1, 0.15) is 362 Å². The van der Waals surface area contributed by atoms with Crippen LogP contribution in [0.4, 0.5) is 37.6 Å². The maximum absolute atomic E-state index is 4.39. The average Bonchev–Trinajstić information content (AvgIpc) is 1.09. The van der Waals surface area contributed by atoms with Gasteiger partial charge in [0.1, 0.15) is 85.3 Å². The average molecular weight is 1760 g/mol. The third kappa shape index (κ3) is 1010. The topological polar surface area (TPSA) is 259 Å². The normalized spacial score (nSPS) is 5.92. The van der Waals surface area contributed by atoms with Gasteiger partial charge in [0.25, 0.3) is 0 Å². The SMILES string of the molecule is C.C.C.C.CC.CC.CC.CC.CC.CC.CC.CC.CC#CC.CC(C)C.CC(C)C.CON=C(C)C.CON=C(C)C.CON=C(C)C.CON=C(C)C.CON=C(C)C.CON=C(C)C.CON=C(C)C.CON=C(C)C.CON=C(C)C.CON=C(C)C.CON=C(C)C.CON=C(C)C.F.F.F.F.F.F.F.F.c1ccccc1. The van der Waals surface area contributed by atoms with Gasteiger partial charge in [0.05, 0.1) is 68.5 Å². The zero-order valence-corrected chi connectivity index (χ0v) is 85.2. The molecule has 24 nitrogen and oxygen atoms in total. The Balaban J connectivity index is -0.0000000185. The molecule has 0 aliphatic heterocycles. The zero-order valence-electron chi connectivity index (χ0n) is 85.2. The predicted molar refractivity (Wildman–Crippen MR) is 534 cm³/mol. The van der Waals surface area contributed by atoms with Gasteiger partial charge in [0, 0.05) is 0 Å². The van der Waals surface area contributed by atoms with Crippen LogP contribution in [0.2, 0.25) is 0 Å². The maximum atomic E-state index is 4.39. The van der Waals surface area contributed by atoms with E-state index in [2.05, 4.69) is 173 Å². The Morgan fingerprint density at radius 1 is 0.169 bits per heavy atom. The molecular formula is C86H212F8N12O12. The van der Waals surface area contributed by atoms with Gasteiger partial charge in [-0.05, 0) is 192 Å². The highest BCUT2D eigenvalue weighted by molar-refractivity contribution is 5.81. The van der Waals surface area contributed by atoms with Gasteiger partial charge < -0.3 is 58.1 Å². The van der Waals surface area contributed by atoms with Gasteiger partial charge in [-0.1, -0.05) is 280 Å².